The maximum Gasteiger partial charge on any atom is 0.296 e. The van der Waals surface area contributed by atoms with Crippen LogP contribution >= 0.6 is 11.6 Å². The Morgan fingerprint density at radius 2 is 1.86 bits per heavy atom. The molecular formula is C28H25ClN2O4. The van der Waals surface area contributed by atoms with Crippen molar-refractivity contribution in [3.05, 3.63) is 98.5 Å². The Morgan fingerprint density at radius 1 is 1.06 bits per heavy atom. The third kappa shape index (κ3) is 4.30. The minimum absolute atomic E-state index is 0.0259. The summed E-state index contributed by atoms with van der Waals surface area (Å²) in [5.74, 6) is 0.815. The van der Waals surface area contributed by atoms with Gasteiger partial charge in [0.05, 0.1) is 23.6 Å². The quantitative estimate of drug-likeness (QED) is 0.279. The lowest BCUT2D eigenvalue weighted by atomic mass is 9.98. The first kappa shape index (κ1) is 23.1. The SMILES string of the molecule is CCCCCOc1ccc(C2c3c(oc4ccc(Cl)cc4c3=O)C(=O)N2c2cc(C)ccn2)cc1. The van der Waals surface area contributed by atoms with Gasteiger partial charge >= 0.3 is 0 Å². The first-order valence-electron chi connectivity index (χ1n) is 11.7. The van der Waals surface area contributed by atoms with Crippen molar-refractivity contribution in [3.63, 3.8) is 0 Å². The molecule has 0 spiro atoms. The second-order valence-electron chi connectivity index (χ2n) is 8.71. The zero-order chi connectivity index (χ0) is 24.5. The summed E-state index contributed by atoms with van der Waals surface area (Å²) in [5, 5.41) is 0.761. The van der Waals surface area contributed by atoms with Crippen molar-refractivity contribution in [2.24, 2.45) is 0 Å². The van der Waals surface area contributed by atoms with E-state index in [9.17, 15) is 9.59 Å². The number of unbranched alkanes of at least 4 members (excludes halogenated alkanes) is 2. The van der Waals surface area contributed by atoms with Gasteiger partial charge in [0, 0.05) is 11.2 Å². The van der Waals surface area contributed by atoms with Crippen LogP contribution < -0.4 is 15.1 Å². The number of amides is 1. The van der Waals surface area contributed by atoms with Crippen LogP contribution in [0.3, 0.4) is 0 Å². The smallest absolute Gasteiger partial charge is 0.296 e. The first-order chi connectivity index (χ1) is 17.0. The number of rotatable bonds is 7. The minimum atomic E-state index is -0.694. The molecule has 1 atom stereocenters. The molecule has 35 heavy (non-hydrogen) atoms. The second-order valence-corrected chi connectivity index (χ2v) is 9.14. The van der Waals surface area contributed by atoms with E-state index >= 15 is 0 Å². The lowest BCUT2D eigenvalue weighted by Crippen LogP contribution is -2.30. The fraction of sp³-hybridized carbons (Fsp3) is 0.250. The van der Waals surface area contributed by atoms with E-state index in [1.54, 1.807) is 24.4 Å². The van der Waals surface area contributed by atoms with Gasteiger partial charge in [0.2, 0.25) is 5.76 Å². The standard InChI is InChI=1S/C28H25ClN2O4/c1-3-4-5-14-34-20-9-6-18(7-10-20)25-24-26(32)21-16-19(29)8-11-22(21)35-27(24)28(33)31(25)23-15-17(2)12-13-30-23/h6-13,15-16,25H,3-5,14H2,1-2H3. The van der Waals surface area contributed by atoms with E-state index in [0.717, 1.165) is 36.1 Å². The third-order valence-corrected chi connectivity index (χ3v) is 6.43. The molecule has 2 aromatic carbocycles. The van der Waals surface area contributed by atoms with E-state index in [1.165, 1.54) is 4.90 Å². The number of nitrogens with zero attached hydrogens (tertiary/aromatic N) is 2. The van der Waals surface area contributed by atoms with E-state index in [-0.39, 0.29) is 16.8 Å². The number of aromatic nitrogens is 1. The summed E-state index contributed by atoms with van der Waals surface area (Å²) in [6.45, 7) is 4.73. The summed E-state index contributed by atoms with van der Waals surface area (Å²) in [7, 11) is 0. The number of halogens is 1. The Hall–Kier alpha value is -3.64. The number of anilines is 1. The van der Waals surface area contributed by atoms with E-state index in [4.69, 9.17) is 20.8 Å². The van der Waals surface area contributed by atoms with Crippen LogP contribution in [-0.4, -0.2) is 17.5 Å². The van der Waals surface area contributed by atoms with Crippen LogP contribution in [-0.2, 0) is 0 Å². The van der Waals surface area contributed by atoms with Crippen LogP contribution in [0.25, 0.3) is 11.0 Å². The highest BCUT2D eigenvalue weighted by molar-refractivity contribution is 6.31. The Kier molecular flexibility index (Phi) is 6.31. The zero-order valence-corrected chi connectivity index (χ0v) is 20.3. The van der Waals surface area contributed by atoms with Crippen LogP contribution in [0.15, 0.2) is 70.0 Å². The van der Waals surface area contributed by atoms with Crippen LogP contribution in [0.1, 0.15) is 59.5 Å². The molecule has 3 heterocycles. The van der Waals surface area contributed by atoms with Gasteiger partial charge in [0.15, 0.2) is 5.43 Å². The molecular weight excluding hydrogens is 464 g/mol. The number of fused-ring (bicyclic) bond motifs is 2. The van der Waals surface area contributed by atoms with Gasteiger partial charge < -0.3 is 9.15 Å². The monoisotopic (exact) mass is 488 g/mol. The molecule has 1 amide bonds. The number of carbonyl (C=O) groups excluding carboxylic acids is 1. The Morgan fingerprint density at radius 3 is 2.60 bits per heavy atom. The average molecular weight is 489 g/mol. The van der Waals surface area contributed by atoms with Gasteiger partial charge in [-0.3, -0.25) is 14.5 Å². The van der Waals surface area contributed by atoms with Crippen LogP contribution in [0.4, 0.5) is 5.82 Å². The number of aryl methyl sites for hydroxylation is 1. The molecule has 0 N–H and O–H groups in total. The first-order valence-corrected chi connectivity index (χ1v) is 12.1. The van der Waals surface area contributed by atoms with Crippen LogP contribution in [0.5, 0.6) is 5.75 Å². The summed E-state index contributed by atoms with van der Waals surface area (Å²) >= 11 is 6.16. The summed E-state index contributed by atoms with van der Waals surface area (Å²) in [4.78, 5) is 33.3. The van der Waals surface area contributed by atoms with Crippen LogP contribution in [0.2, 0.25) is 5.02 Å². The molecule has 0 radical (unpaired) electrons. The minimum Gasteiger partial charge on any atom is -0.494 e. The van der Waals surface area contributed by atoms with Gasteiger partial charge in [-0.15, -0.1) is 0 Å². The van der Waals surface area contributed by atoms with Crippen molar-refractivity contribution in [1.29, 1.82) is 0 Å². The molecule has 1 aliphatic rings. The van der Waals surface area contributed by atoms with Crippen LogP contribution in [0, 0.1) is 6.92 Å². The molecule has 7 heteroatoms. The number of carbonyl (C=O) groups is 1. The molecule has 178 valence electrons. The van der Waals surface area contributed by atoms with Gasteiger partial charge in [-0.05, 0) is 66.9 Å². The molecule has 0 saturated heterocycles. The van der Waals surface area contributed by atoms with Gasteiger partial charge in [-0.1, -0.05) is 43.5 Å². The van der Waals surface area contributed by atoms with Crippen molar-refractivity contribution >= 4 is 34.3 Å². The highest BCUT2D eigenvalue weighted by Gasteiger charge is 2.44. The summed E-state index contributed by atoms with van der Waals surface area (Å²) in [6, 6.07) is 15.3. The molecule has 0 bridgehead atoms. The topological polar surface area (TPSA) is 72.6 Å². The Balaban J connectivity index is 1.63. The third-order valence-electron chi connectivity index (χ3n) is 6.19. The van der Waals surface area contributed by atoms with E-state index in [2.05, 4.69) is 11.9 Å². The average Bonchev–Trinajstić information content (AvgIpc) is 3.15. The molecule has 1 aliphatic heterocycles. The molecule has 0 fully saturated rings. The number of hydrogen-bond acceptors (Lipinski definition) is 5. The fourth-order valence-electron chi connectivity index (χ4n) is 4.44. The molecule has 4 aromatic rings. The van der Waals surface area contributed by atoms with Gasteiger partial charge in [-0.25, -0.2) is 4.98 Å². The fourth-order valence-corrected chi connectivity index (χ4v) is 4.61. The molecule has 1 unspecified atom stereocenters. The van der Waals surface area contributed by atoms with Crippen molar-refractivity contribution < 1.29 is 13.9 Å². The predicted octanol–water partition coefficient (Wildman–Crippen LogP) is 6.47. The highest BCUT2D eigenvalue weighted by Crippen LogP contribution is 2.41. The Labute approximate surface area is 208 Å². The van der Waals surface area contributed by atoms with E-state index < -0.39 is 11.9 Å². The van der Waals surface area contributed by atoms with Crippen molar-refractivity contribution in [2.75, 3.05) is 11.5 Å². The summed E-state index contributed by atoms with van der Waals surface area (Å²) in [5.41, 5.74) is 2.03. The number of benzene rings is 2. The van der Waals surface area contributed by atoms with Crippen molar-refractivity contribution in [1.82, 2.24) is 4.98 Å². The molecule has 6 nitrogen and oxygen atoms in total. The predicted molar refractivity (Wildman–Crippen MR) is 137 cm³/mol. The zero-order valence-electron chi connectivity index (χ0n) is 19.6. The highest BCUT2D eigenvalue weighted by atomic mass is 35.5. The molecule has 5 rings (SSSR count). The lowest BCUT2D eigenvalue weighted by molar-refractivity contribution is 0.0970. The molecule has 0 aliphatic carbocycles. The van der Waals surface area contributed by atoms with E-state index in [0.29, 0.717) is 28.4 Å². The van der Waals surface area contributed by atoms with Gasteiger partial charge in [0.1, 0.15) is 17.2 Å². The maximum atomic E-state index is 13.7. The molecule has 0 saturated carbocycles. The summed E-state index contributed by atoms with van der Waals surface area (Å²) in [6.07, 6.45) is 4.89. The number of hydrogen-bond donors (Lipinski definition) is 0. The largest absolute Gasteiger partial charge is 0.494 e. The number of ether oxygens (including phenoxy) is 1. The molecule has 2 aromatic heterocycles. The normalized spacial score (nSPS) is 15.0. The number of pyridine rings is 1. The second kappa shape index (κ2) is 9.55. The van der Waals surface area contributed by atoms with Gasteiger partial charge in [-0.2, -0.15) is 0 Å². The van der Waals surface area contributed by atoms with E-state index in [1.807, 2.05) is 43.3 Å². The maximum absolute atomic E-state index is 13.7. The lowest BCUT2D eigenvalue weighted by Gasteiger charge is -2.24. The van der Waals surface area contributed by atoms with Gasteiger partial charge in [0.25, 0.3) is 5.91 Å². The Bertz CT molecular complexity index is 1460. The van der Waals surface area contributed by atoms with Crippen molar-refractivity contribution in [3.8, 4) is 5.75 Å². The van der Waals surface area contributed by atoms with Crippen molar-refractivity contribution in [2.45, 2.75) is 39.2 Å². The summed E-state index contributed by atoms with van der Waals surface area (Å²) < 4.78 is 11.8.